The molecule has 4 aromatic rings. The van der Waals surface area contributed by atoms with E-state index in [1.54, 1.807) is 13.0 Å². The van der Waals surface area contributed by atoms with Crippen molar-refractivity contribution in [1.82, 2.24) is 25.5 Å². The number of aryl methyl sites for hydroxylation is 1. The molecular weight excluding hydrogens is 751 g/mol. The lowest BCUT2D eigenvalue weighted by Crippen LogP contribution is -2.54. The molecule has 14 heteroatoms. The second kappa shape index (κ2) is 13.7. The molecule has 59 heavy (non-hydrogen) atoms. The molecule has 1 saturated carbocycles. The highest BCUT2D eigenvalue weighted by Gasteiger charge is 2.70. The summed E-state index contributed by atoms with van der Waals surface area (Å²) in [6.07, 6.45) is 16.9. The lowest BCUT2D eigenvalue weighted by Gasteiger charge is -2.48. The molecule has 14 nitrogen and oxygen atoms in total. The van der Waals surface area contributed by atoms with Crippen molar-refractivity contribution in [3.05, 3.63) is 105 Å². The summed E-state index contributed by atoms with van der Waals surface area (Å²) in [7, 11) is 1.94. The predicted molar refractivity (Wildman–Crippen MR) is 222 cm³/mol. The summed E-state index contributed by atoms with van der Waals surface area (Å²) in [5.74, 6) is 1.18. The van der Waals surface area contributed by atoms with Gasteiger partial charge < -0.3 is 60.7 Å². The van der Waals surface area contributed by atoms with Crippen molar-refractivity contribution in [3.8, 4) is 11.5 Å². The highest BCUT2D eigenvalue weighted by Crippen LogP contribution is 2.61. The van der Waals surface area contributed by atoms with E-state index in [0.717, 1.165) is 41.3 Å². The number of esters is 1. The van der Waals surface area contributed by atoms with Crippen molar-refractivity contribution in [2.75, 3.05) is 13.6 Å². The Kier molecular flexibility index (Phi) is 8.77. The van der Waals surface area contributed by atoms with E-state index in [9.17, 15) is 14.7 Å². The third-order valence-electron chi connectivity index (χ3n) is 13.7. The maximum absolute atomic E-state index is 14.8. The fraction of sp³-hybridized carbons (Fsp3) is 0.467. The van der Waals surface area contributed by atoms with Crippen molar-refractivity contribution in [1.29, 1.82) is 0 Å². The van der Waals surface area contributed by atoms with E-state index in [-0.39, 0.29) is 64.1 Å². The first-order valence-electron chi connectivity index (χ1n) is 20.9. The van der Waals surface area contributed by atoms with Gasteiger partial charge in [0.1, 0.15) is 39.9 Å². The van der Waals surface area contributed by atoms with Gasteiger partial charge in [0.2, 0.25) is 0 Å². The molecule has 2 bridgehead atoms. The van der Waals surface area contributed by atoms with Gasteiger partial charge in [-0.05, 0) is 108 Å². The number of rotatable bonds is 8. The summed E-state index contributed by atoms with van der Waals surface area (Å²) in [4.78, 5) is 31.3. The van der Waals surface area contributed by atoms with Gasteiger partial charge in [-0.2, -0.15) is 0 Å². The number of benzene rings is 1. The van der Waals surface area contributed by atoms with Crippen LogP contribution < -0.4 is 37.6 Å². The molecule has 1 spiro atoms. The summed E-state index contributed by atoms with van der Waals surface area (Å²) >= 11 is 0. The topological polar surface area (TPSA) is 207 Å². The second-order valence-corrected chi connectivity index (χ2v) is 18.0. The molecule has 1 aromatic carbocycles. The van der Waals surface area contributed by atoms with Crippen LogP contribution in [0.4, 0.5) is 0 Å². The van der Waals surface area contributed by atoms with Crippen LogP contribution in [0.1, 0.15) is 63.2 Å². The molecule has 9 N–H and O–H groups in total. The van der Waals surface area contributed by atoms with Crippen molar-refractivity contribution in [2.24, 2.45) is 29.2 Å². The number of nitrogens with zero attached hydrogens (tertiary/aromatic N) is 1. The van der Waals surface area contributed by atoms with Gasteiger partial charge in [-0.1, -0.05) is 12.2 Å². The number of H-pyrrole nitrogens is 1. The first-order chi connectivity index (χ1) is 28.3. The third kappa shape index (κ3) is 6.30. The molecule has 9 heterocycles. The fourth-order valence-corrected chi connectivity index (χ4v) is 11.2. The summed E-state index contributed by atoms with van der Waals surface area (Å²) in [5, 5.41) is 23.4. The van der Waals surface area contributed by atoms with Crippen molar-refractivity contribution >= 4 is 27.8 Å². The number of epoxide rings is 1. The quantitative estimate of drug-likeness (QED) is 0.0969. The zero-order valence-electron chi connectivity index (χ0n) is 33.8. The van der Waals surface area contributed by atoms with Gasteiger partial charge >= 0.3 is 5.97 Å². The van der Waals surface area contributed by atoms with Gasteiger partial charge in [-0.3, -0.25) is 4.79 Å². The maximum Gasteiger partial charge on any atom is 0.341 e. The Bertz CT molecular complexity index is 2530. The average molecular weight is 804 g/mol. The van der Waals surface area contributed by atoms with E-state index >= 15 is 0 Å². The van der Waals surface area contributed by atoms with Crippen LogP contribution in [0.15, 0.2) is 93.1 Å². The molecule has 310 valence electrons. The first-order valence-corrected chi connectivity index (χ1v) is 20.9. The highest BCUT2D eigenvalue weighted by molar-refractivity contribution is 5.88. The molecule has 3 saturated heterocycles. The number of dihydropyridines is 2. The first kappa shape index (κ1) is 37.7. The summed E-state index contributed by atoms with van der Waals surface area (Å²) < 4.78 is 27.9. The number of fused-ring (bicyclic) bond motifs is 6. The van der Waals surface area contributed by atoms with Crippen LogP contribution in [0.3, 0.4) is 0 Å². The van der Waals surface area contributed by atoms with Crippen LogP contribution in [-0.2, 0) is 20.8 Å². The number of aromatic amines is 1. The number of allylic oxidation sites excluding steroid dienone is 2. The van der Waals surface area contributed by atoms with Crippen LogP contribution in [0.25, 0.3) is 21.9 Å². The van der Waals surface area contributed by atoms with E-state index in [4.69, 9.17) is 30.1 Å². The molecule has 4 fully saturated rings. The smallest absolute Gasteiger partial charge is 0.341 e. The van der Waals surface area contributed by atoms with Gasteiger partial charge in [0, 0.05) is 60.1 Å². The van der Waals surface area contributed by atoms with Crippen molar-refractivity contribution in [2.45, 2.75) is 101 Å². The standard InChI is InChI=1S/C45H53N7O7/c1-22-11-32(53)39-33(56-22)17-34-40(41(39)54)38-29-7-6-27(14-26(29)18-48-4)45(43(55)57-42(38)44(2,3)58-34)35(59-45)8-5-23-12-30(51-36(46)13-23)25-15-28(50-37(47)16-25)20-52-19-24-9-10-49-31(24)21-52/h9-13,15-17,19,21,26-30,35,38,42,48-51,54H,5-8,14,18,20,46-47H2,1-4H3. The number of nitrogens with one attached hydrogen (secondary N) is 4. The Hall–Kier alpha value is -5.60. The zero-order valence-corrected chi connectivity index (χ0v) is 33.8. The van der Waals surface area contributed by atoms with Gasteiger partial charge in [0.15, 0.2) is 11.0 Å². The van der Waals surface area contributed by atoms with Crippen LogP contribution >= 0.6 is 0 Å². The average Bonchev–Trinajstić information content (AvgIpc) is 3.52. The Labute approximate surface area is 341 Å². The van der Waals surface area contributed by atoms with E-state index in [1.165, 1.54) is 6.07 Å². The minimum atomic E-state index is -1.10. The van der Waals surface area contributed by atoms with Gasteiger partial charge in [0.25, 0.3) is 0 Å². The number of carbonyl (C=O) groups is 1. The predicted octanol–water partition coefficient (Wildman–Crippen LogP) is 4.54. The van der Waals surface area contributed by atoms with Gasteiger partial charge in [-0.25, -0.2) is 4.79 Å². The Morgan fingerprint density at radius 3 is 2.71 bits per heavy atom. The molecule has 1 aliphatic carbocycles. The lowest BCUT2D eigenvalue weighted by molar-refractivity contribution is -0.172. The minimum absolute atomic E-state index is 0.0203. The highest BCUT2D eigenvalue weighted by atomic mass is 16.7. The number of aromatic hydroxyl groups is 1. The summed E-state index contributed by atoms with van der Waals surface area (Å²) in [6.45, 7) is 6.96. The number of ether oxygens (including phenoxy) is 3. The Balaban J connectivity index is 0.917. The SMILES string of the molecule is CNCC1CC2CCC1C1c3c(cc4oc(C)cc(=O)c4c3O)OC(C)(C)C1OC(=O)C21OC1CCC1=CC(C2=CC(Cn3cc4cc[nH]c4c3)NC(N)=C2)NC(N)=C1. The zero-order chi connectivity index (χ0) is 41.0. The normalized spacial score (nSPS) is 31.9. The number of carbonyl (C=O) groups excluding carboxylic acids is 1. The summed E-state index contributed by atoms with van der Waals surface area (Å²) in [6, 6.07) is 4.95. The molecular formula is C45H53N7O7. The third-order valence-corrected chi connectivity index (χ3v) is 13.7. The van der Waals surface area contributed by atoms with Gasteiger partial charge in [0.05, 0.1) is 35.3 Å². The van der Waals surface area contributed by atoms with Crippen LogP contribution in [0.5, 0.6) is 11.5 Å². The molecule has 6 aliphatic heterocycles. The number of hydrogen-bond donors (Lipinski definition) is 7. The van der Waals surface area contributed by atoms with E-state index in [1.807, 2.05) is 39.2 Å². The summed E-state index contributed by atoms with van der Waals surface area (Å²) in [5.41, 5.74) is 14.4. The molecule has 11 rings (SSSR count). The van der Waals surface area contributed by atoms with Crippen LogP contribution in [-0.4, -0.2) is 69.7 Å². The monoisotopic (exact) mass is 803 g/mol. The minimum Gasteiger partial charge on any atom is -0.507 e. The van der Waals surface area contributed by atoms with Crippen LogP contribution in [0.2, 0.25) is 0 Å². The number of aromatic nitrogens is 2. The van der Waals surface area contributed by atoms with E-state index in [2.05, 4.69) is 56.1 Å². The van der Waals surface area contributed by atoms with Crippen molar-refractivity contribution in [3.63, 3.8) is 0 Å². The maximum atomic E-state index is 14.8. The van der Waals surface area contributed by atoms with Crippen molar-refractivity contribution < 1.29 is 28.5 Å². The number of nitrogens with two attached hydrogens (primary N) is 2. The molecule has 9 unspecified atom stereocenters. The molecule has 7 aliphatic rings. The molecule has 0 amide bonds. The number of hydrogen-bond acceptors (Lipinski definition) is 12. The number of phenolic OH excluding ortho intramolecular Hbond substituents is 1. The number of phenols is 1. The molecule has 3 aromatic heterocycles. The van der Waals surface area contributed by atoms with Crippen LogP contribution in [0, 0.1) is 24.7 Å². The molecule has 0 radical (unpaired) electrons. The molecule has 9 atom stereocenters. The van der Waals surface area contributed by atoms with E-state index < -0.39 is 23.2 Å². The largest absolute Gasteiger partial charge is 0.507 e. The fourth-order valence-electron chi connectivity index (χ4n) is 11.2. The Morgan fingerprint density at radius 2 is 1.90 bits per heavy atom. The lowest BCUT2D eigenvalue weighted by atomic mass is 9.61. The van der Waals surface area contributed by atoms with E-state index in [0.29, 0.717) is 54.6 Å². The Morgan fingerprint density at radius 1 is 1.07 bits per heavy atom. The van der Waals surface area contributed by atoms with Gasteiger partial charge in [-0.15, -0.1) is 0 Å². The second-order valence-electron chi connectivity index (χ2n) is 18.0.